The average molecular weight is 546 g/mol. The van der Waals surface area contributed by atoms with Crippen LogP contribution in [0.5, 0.6) is 0 Å². The molecule has 2 heterocycles. The van der Waals surface area contributed by atoms with Crippen LogP contribution in [0.1, 0.15) is 44.9 Å². The van der Waals surface area contributed by atoms with Gasteiger partial charge in [0.15, 0.2) is 5.16 Å². The second-order valence-electron chi connectivity index (χ2n) is 8.74. The number of carbonyl (C=O) groups is 1. The van der Waals surface area contributed by atoms with Crippen LogP contribution in [0.4, 0.5) is 16.4 Å². The van der Waals surface area contributed by atoms with Crippen molar-refractivity contribution in [2.45, 2.75) is 42.7 Å². The number of hydrogen-bond acceptors (Lipinski definition) is 8. The highest BCUT2D eigenvalue weighted by atomic mass is 32.2. The van der Waals surface area contributed by atoms with Crippen LogP contribution in [0, 0.1) is 17.0 Å². The summed E-state index contributed by atoms with van der Waals surface area (Å²) in [6.07, 6.45) is 5.31. The lowest BCUT2D eigenvalue weighted by Gasteiger charge is -2.12. The number of nitro groups is 1. The van der Waals surface area contributed by atoms with Gasteiger partial charge < -0.3 is 10.3 Å². The van der Waals surface area contributed by atoms with Gasteiger partial charge in [-0.1, -0.05) is 30.0 Å². The first-order valence-corrected chi connectivity index (χ1v) is 13.6. The van der Waals surface area contributed by atoms with Gasteiger partial charge >= 0.3 is 0 Å². The zero-order valence-corrected chi connectivity index (χ0v) is 22.0. The number of nitro benzene ring substituents is 1. The lowest BCUT2D eigenvalue weighted by molar-refractivity contribution is -0.384. The van der Waals surface area contributed by atoms with E-state index in [1.54, 1.807) is 19.2 Å². The number of aromatic nitrogens is 2. The smallest absolute Gasteiger partial charge is 0.270 e. The fraction of sp³-hybridized carbons (Fsp3) is 0.185. The summed E-state index contributed by atoms with van der Waals surface area (Å²) in [7, 11) is 0. The van der Waals surface area contributed by atoms with E-state index in [1.165, 1.54) is 41.3 Å². The molecule has 0 unspecified atom stereocenters. The van der Waals surface area contributed by atoms with E-state index >= 15 is 0 Å². The van der Waals surface area contributed by atoms with Crippen molar-refractivity contribution in [1.29, 1.82) is 0 Å². The van der Waals surface area contributed by atoms with Crippen molar-refractivity contribution in [3.8, 4) is 0 Å². The summed E-state index contributed by atoms with van der Waals surface area (Å²) < 4.78 is 0. The normalized spacial score (nSPS) is 12.9. The van der Waals surface area contributed by atoms with E-state index in [-0.39, 0.29) is 17.2 Å². The predicted molar refractivity (Wildman–Crippen MR) is 149 cm³/mol. The van der Waals surface area contributed by atoms with E-state index in [0.717, 1.165) is 36.1 Å². The molecule has 0 saturated carbocycles. The first-order chi connectivity index (χ1) is 18.4. The van der Waals surface area contributed by atoms with Gasteiger partial charge in [-0.25, -0.2) is 9.98 Å². The maximum Gasteiger partial charge on any atom is 0.270 e. The van der Waals surface area contributed by atoms with E-state index in [9.17, 15) is 19.7 Å². The quantitative estimate of drug-likeness (QED) is 0.125. The van der Waals surface area contributed by atoms with Crippen LogP contribution in [-0.2, 0) is 12.8 Å². The third-order valence-electron chi connectivity index (χ3n) is 5.99. The monoisotopic (exact) mass is 545 g/mol. The topological polar surface area (TPSA) is 130 Å². The fourth-order valence-corrected chi connectivity index (χ4v) is 6.41. The van der Waals surface area contributed by atoms with Crippen LogP contribution in [-0.4, -0.2) is 27.0 Å². The Morgan fingerprint density at radius 3 is 2.74 bits per heavy atom. The van der Waals surface area contributed by atoms with Gasteiger partial charge in [0.2, 0.25) is 0 Å². The minimum absolute atomic E-state index is 0.0889. The highest BCUT2D eigenvalue weighted by Crippen LogP contribution is 2.40. The molecule has 1 aliphatic carbocycles. The van der Waals surface area contributed by atoms with Crippen molar-refractivity contribution in [2.24, 2.45) is 4.99 Å². The van der Waals surface area contributed by atoms with Crippen LogP contribution in [0.2, 0.25) is 0 Å². The van der Waals surface area contributed by atoms with Gasteiger partial charge in [-0.2, -0.15) is 0 Å². The number of hydrogen-bond donors (Lipinski definition) is 2. The SMILES string of the molecule is Cc1cc(=O)[nH]c(Sc2ccc([N+](=O)[O-])cc2/C=N\c2sc3c(c2C(=O)Nc2ccccc2)CCCC3)n1. The Kier molecular flexibility index (Phi) is 7.47. The number of rotatable bonds is 7. The number of anilines is 1. The van der Waals surface area contributed by atoms with E-state index in [1.807, 2.05) is 30.3 Å². The Morgan fingerprint density at radius 2 is 1.97 bits per heavy atom. The third kappa shape index (κ3) is 5.74. The Bertz CT molecular complexity index is 1610. The summed E-state index contributed by atoms with van der Waals surface area (Å²) >= 11 is 2.67. The number of para-hydroxylation sites is 1. The Balaban J connectivity index is 1.53. The third-order valence-corrected chi connectivity index (χ3v) is 8.17. The number of amides is 1. The summed E-state index contributed by atoms with van der Waals surface area (Å²) in [5.41, 5.74) is 2.94. The highest BCUT2D eigenvalue weighted by molar-refractivity contribution is 7.99. The molecule has 0 spiro atoms. The number of aromatic amines is 1. The largest absolute Gasteiger partial charge is 0.322 e. The molecule has 38 heavy (non-hydrogen) atoms. The first-order valence-electron chi connectivity index (χ1n) is 12.0. The molecule has 0 bridgehead atoms. The molecule has 0 atom stereocenters. The number of non-ortho nitro benzene ring substituents is 1. The van der Waals surface area contributed by atoms with Crippen LogP contribution in [0.3, 0.4) is 0 Å². The van der Waals surface area contributed by atoms with E-state index < -0.39 is 4.92 Å². The molecular formula is C27H23N5O4S2. The van der Waals surface area contributed by atoms with Gasteiger partial charge in [0, 0.05) is 51.1 Å². The van der Waals surface area contributed by atoms with Gasteiger partial charge in [0.25, 0.3) is 17.2 Å². The van der Waals surface area contributed by atoms with Gasteiger partial charge in [0.1, 0.15) is 5.00 Å². The van der Waals surface area contributed by atoms with Crippen molar-refractivity contribution in [1.82, 2.24) is 9.97 Å². The van der Waals surface area contributed by atoms with Crippen molar-refractivity contribution in [3.05, 3.63) is 102 Å². The standard InChI is InChI=1S/C27H23N5O4S2/c1-16-13-23(33)31-27(29-16)38-21-12-11-19(32(35)36)14-17(21)15-28-26-24(20-9-5-6-10-22(20)37-26)25(34)30-18-7-3-2-4-8-18/h2-4,7-8,11-15H,5-6,9-10H2,1H3,(H,30,34)(H,29,31,33)/b28-15-. The van der Waals surface area contributed by atoms with Crippen molar-refractivity contribution in [2.75, 3.05) is 5.32 Å². The summed E-state index contributed by atoms with van der Waals surface area (Å²) in [6.45, 7) is 1.72. The van der Waals surface area contributed by atoms with E-state index in [2.05, 4.69) is 20.3 Å². The van der Waals surface area contributed by atoms with Crippen LogP contribution >= 0.6 is 23.1 Å². The number of nitrogens with one attached hydrogen (secondary N) is 2. The molecule has 2 N–H and O–H groups in total. The number of thiophene rings is 1. The number of H-pyrrole nitrogens is 1. The summed E-state index contributed by atoms with van der Waals surface area (Å²) in [6, 6.07) is 15.1. The number of benzene rings is 2. The zero-order chi connectivity index (χ0) is 26.6. The first kappa shape index (κ1) is 25.6. The molecule has 0 aliphatic heterocycles. The van der Waals surface area contributed by atoms with Crippen LogP contribution in [0.25, 0.3) is 0 Å². The van der Waals surface area contributed by atoms with Gasteiger partial charge in [-0.3, -0.25) is 19.7 Å². The lowest BCUT2D eigenvalue weighted by atomic mass is 9.95. The number of aryl methyl sites for hydroxylation is 2. The molecule has 0 fully saturated rings. The molecule has 11 heteroatoms. The molecule has 4 aromatic rings. The van der Waals surface area contributed by atoms with Crippen LogP contribution < -0.4 is 10.9 Å². The number of aliphatic imine (C=N–C) groups is 1. The molecular weight excluding hydrogens is 522 g/mol. The molecule has 5 rings (SSSR count). The van der Waals surface area contributed by atoms with Crippen molar-refractivity contribution >= 4 is 51.6 Å². The van der Waals surface area contributed by atoms with Gasteiger partial charge in [-0.15, -0.1) is 11.3 Å². The number of carbonyl (C=O) groups excluding carboxylic acids is 1. The van der Waals surface area contributed by atoms with Crippen LogP contribution in [0.15, 0.2) is 74.4 Å². The summed E-state index contributed by atoms with van der Waals surface area (Å²) in [4.78, 5) is 49.8. The van der Waals surface area contributed by atoms with Crippen molar-refractivity contribution < 1.29 is 9.72 Å². The molecule has 1 aliphatic rings. The molecule has 2 aromatic heterocycles. The highest BCUT2D eigenvalue weighted by Gasteiger charge is 2.25. The fourth-order valence-electron chi connectivity index (χ4n) is 4.27. The summed E-state index contributed by atoms with van der Waals surface area (Å²) in [5.74, 6) is -0.224. The Labute approximate surface area is 226 Å². The summed E-state index contributed by atoms with van der Waals surface area (Å²) in [5, 5.41) is 15.4. The van der Waals surface area contributed by atoms with E-state index in [4.69, 9.17) is 0 Å². The molecule has 9 nitrogen and oxygen atoms in total. The van der Waals surface area contributed by atoms with Gasteiger partial charge in [0.05, 0.1) is 10.5 Å². The Morgan fingerprint density at radius 1 is 1.18 bits per heavy atom. The van der Waals surface area contributed by atoms with Crippen molar-refractivity contribution in [3.63, 3.8) is 0 Å². The average Bonchev–Trinajstić information content (AvgIpc) is 3.26. The number of fused-ring (bicyclic) bond motifs is 1. The number of nitrogens with zero attached hydrogens (tertiary/aromatic N) is 3. The van der Waals surface area contributed by atoms with E-state index in [0.29, 0.717) is 37.6 Å². The minimum Gasteiger partial charge on any atom is -0.322 e. The molecule has 0 saturated heterocycles. The maximum atomic E-state index is 13.4. The Hall–Kier alpha value is -4.09. The molecule has 192 valence electrons. The lowest BCUT2D eigenvalue weighted by Crippen LogP contribution is -2.14. The maximum absolute atomic E-state index is 13.4. The zero-order valence-electron chi connectivity index (χ0n) is 20.4. The predicted octanol–water partition coefficient (Wildman–Crippen LogP) is 6.08. The second kappa shape index (κ2) is 11.1. The molecule has 2 aromatic carbocycles. The molecule has 0 radical (unpaired) electrons. The van der Waals surface area contributed by atoms with Gasteiger partial charge in [-0.05, 0) is 56.4 Å². The second-order valence-corrected chi connectivity index (χ2v) is 10.9. The minimum atomic E-state index is -0.471. The molecule has 1 amide bonds.